The van der Waals surface area contributed by atoms with Gasteiger partial charge in [0.15, 0.2) is 5.69 Å². The molecule has 4 rings (SSSR count). The van der Waals surface area contributed by atoms with Gasteiger partial charge in [-0.3, -0.25) is 14.8 Å². The van der Waals surface area contributed by atoms with Gasteiger partial charge in [-0.1, -0.05) is 19.1 Å². The van der Waals surface area contributed by atoms with E-state index in [-0.39, 0.29) is 5.91 Å². The van der Waals surface area contributed by atoms with E-state index in [1.165, 1.54) is 37.9 Å². The molecule has 0 bridgehead atoms. The molecule has 1 saturated heterocycles. The smallest absolute Gasteiger partial charge is 0.276 e. The van der Waals surface area contributed by atoms with Crippen molar-refractivity contribution in [1.29, 1.82) is 0 Å². The van der Waals surface area contributed by atoms with Gasteiger partial charge in [-0.25, -0.2) is 0 Å². The molecule has 0 saturated carbocycles. The number of nitrogens with one attached hydrogen (secondary N) is 2. The predicted molar refractivity (Wildman–Crippen MR) is 103 cm³/mol. The highest BCUT2D eigenvalue weighted by atomic mass is 16.1. The van der Waals surface area contributed by atoms with Gasteiger partial charge in [-0.05, 0) is 75.2 Å². The highest BCUT2D eigenvalue weighted by Gasteiger charge is 2.21. The van der Waals surface area contributed by atoms with Gasteiger partial charge in [0.1, 0.15) is 0 Å². The van der Waals surface area contributed by atoms with Crippen molar-refractivity contribution in [2.24, 2.45) is 5.92 Å². The summed E-state index contributed by atoms with van der Waals surface area (Å²) in [6, 6.07) is 8.24. The largest absolute Gasteiger partial charge is 0.321 e. The number of rotatable bonds is 4. The van der Waals surface area contributed by atoms with E-state index in [1.807, 2.05) is 12.1 Å². The maximum Gasteiger partial charge on any atom is 0.276 e. The zero-order chi connectivity index (χ0) is 17.9. The monoisotopic (exact) mass is 352 g/mol. The lowest BCUT2D eigenvalue weighted by molar-refractivity contribution is 0.102. The minimum absolute atomic E-state index is 0.109. The summed E-state index contributed by atoms with van der Waals surface area (Å²) in [5.74, 6) is 0.749. The molecule has 0 atom stereocenters. The number of amides is 1. The number of aromatic amines is 1. The molecule has 2 N–H and O–H groups in total. The van der Waals surface area contributed by atoms with E-state index in [4.69, 9.17) is 0 Å². The Hall–Kier alpha value is -2.14. The first-order valence-electron chi connectivity index (χ1n) is 9.88. The second-order valence-electron chi connectivity index (χ2n) is 7.85. The molecule has 0 spiro atoms. The standard InChI is InChI=1S/C21H28N4O/c1-15-10-12-25(13-11-15)14-16-6-8-17(9-7-16)22-21(26)20-18-4-2-3-5-19(18)23-24-20/h6-9,15H,2-5,10-14H2,1H3,(H,22,26)(H,23,24). The number of aryl methyl sites for hydroxylation is 1. The molecule has 138 valence electrons. The number of hydrogen-bond donors (Lipinski definition) is 2. The van der Waals surface area contributed by atoms with Gasteiger partial charge in [0.25, 0.3) is 5.91 Å². The van der Waals surface area contributed by atoms with Crippen LogP contribution in [0.25, 0.3) is 0 Å². The van der Waals surface area contributed by atoms with Crippen LogP contribution in [0.4, 0.5) is 5.69 Å². The number of piperidine rings is 1. The Morgan fingerprint density at radius 2 is 1.92 bits per heavy atom. The Bertz CT molecular complexity index is 757. The zero-order valence-corrected chi connectivity index (χ0v) is 15.6. The third-order valence-corrected chi connectivity index (χ3v) is 5.77. The summed E-state index contributed by atoms with van der Waals surface area (Å²) in [4.78, 5) is 15.1. The lowest BCUT2D eigenvalue weighted by Crippen LogP contribution is -2.32. The Morgan fingerprint density at radius 1 is 1.19 bits per heavy atom. The lowest BCUT2D eigenvalue weighted by atomic mass is 9.96. The maximum atomic E-state index is 12.6. The van der Waals surface area contributed by atoms with Crippen molar-refractivity contribution in [1.82, 2.24) is 15.1 Å². The van der Waals surface area contributed by atoms with Gasteiger partial charge < -0.3 is 5.32 Å². The van der Waals surface area contributed by atoms with Crippen molar-refractivity contribution in [2.45, 2.75) is 52.0 Å². The Kier molecular flexibility index (Phi) is 5.07. The summed E-state index contributed by atoms with van der Waals surface area (Å²) < 4.78 is 0. The van der Waals surface area contributed by atoms with Crippen LogP contribution in [0.5, 0.6) is 0 Å². The molecule has 1 amide bonds. The molecule has 2 aliphatic rings. The topological polar surface area (TPSA) is 61.0 Å². The Balaban J connectivity index is 1.36. The average molecular weight is 352 g/mol. The fourth-order valence-corrected chi connectivity index (χ4v) is 4.03. The third-order valence-electron chi connectivity index (χ3n) is 5.77. The van der Waals surface area contributed by atoms with Gasteiger partial charge in [-0.2, -0.15) is 5.10 Å². The quantitative estimate of drug-likeness (QED) is 0.880. The van der Waals surface area contributed by atoms with Crippen LogP contribution in [0.15, 0.2) is 24.3 Å². The second-order valence-corrected chi connectivity index (χ2v) is 7.85. The number of anilines is 1. The van der Waals surface area contributed by atoms with Crippen LogP contribution in [0, 0.1) is 5.92 Å². The van der Waals surface area contributed by atoms with Gasteiger partial charge >= 0.3 is 0 Å². The average Bonchev–Trinajstić information content (AvgIpc) is 3.09. The molecule has 1 aliphatic carbocycles. The maximum absolute atomic E-state index is 12.6. The number of fused-ring (bicyclic) bond motifs is 1. The molecular formula is C21H28N4O. The van der Waals surface area contributed by atoms with Crippen LogP contribution in [-0.2, 0) is 19.4 Å². The van der Waals surface area contributed by atoms with Crippen molar-refractivity contribution >= 4 is 11.6 Å². The molecule has 1 aliphatic heterocycles. The number of nitrogens with zero attached hydrogens (tertiary/aromatic N) is 2. The van der Waals surface area contributed by atoms with Gasteiger partial charge in [0, 0.05) is 23.5 Å². The van der Waals surface area contributed by atoms with E-state index in [2.05, 4.69) is 39.5 Å². The first-order valence-corrected chi connectivity index (χ1v) is 9.88. The van der Waals surface area contributed by atoms with Crippen LogP contribution >= 0.6 is 0 Å². The summed E-state index contributed by atoms with van der Waals surface area (Å²) in [5, 5.41) is 10.3. The Labute approximate surface area is 155 Å². The van der Waals surface area contributed by atoms with Gasteiger partial charge in [0.05, 0.1) is 0 Å². The van der Waals surface area contributed by atoms with Crippen molar-refractivity contribution < 1.29 is 4.79 Å². The first-order chi connectivity index (χ1) is 12.7. The molecular weight excluding hydrogens is 324 g/mol. The van der Waals surface area contributed by atoms with E-state index in [0.717, 1.165) is 48.7 Å². The molecule has 1 fully saturated rings. The predicted octanol–water partition coefficient (Wildman–Crippen LogP) is 3.77. The fourth-order valence-electron chi connectivity index (χ4n) is 4.03. The number of hydrogen-bond acceptors (Lipinski definition) is 3. The minimum Gasteiger partial charge on any atom is -0.321 e. The van der Waals surface area contributed by atoms with Gasteiger partial charge in [0.2, 0.25) is 0 Å². The molecule has 5 nitrogen and oxygen atoms in total. The molecule has 2 heterocycles. The molecule has 0 radical (unpaired) electrons. The number of aromatic nitrogens is 2. The summed E-state index contributed by atoms with van der Waals surface area (Å²) in [7, 11) is 0. The zero-order valence-electron chi connectivity index (χ0n) is 15.6. The van der Waals surface area contributed by atoms with E-state index in [0.29, 0.717) is 5.69 Å². The molecule has 1 aromatic carbocycles. The molecule has 2 aromatic rings. The van der Waals surface area contributed by atoms with Crippen LogP contribution in [-0.4, -0.2) is 34.1 Å². The van der Waals surface area contributed by atoms with E-state index in [1.54, 1.807) is 0 Å². The van der Waals surface area contributed by atoms with E-state index in [9.17, 15) is 4.79 Å². The number of benzene rings is 1. The summed E-state index contributed by atoms with van der Waals surface area (Å²) in [6.45, 7) is 5.70. The van der Waals surface area contributed by atoms with E-state index < -0.39 is 0 Å². The third kappa shape index (κ3) is 3.83. The second kappa shape index (κ2) is 7.62. The normalized spacial score (nSPS) is 18.5. The van der Waals surface area contributed by atoms with Crippen LogP contribution < -0.4 is 5.32 Å². The SMILES string of the molecule is CC1CCN(Cc2ccc(NC(=O)c3n[nH]c4c3CCCC4)cc2)CC1. The number of H-pyrrole nitrogens is 1. The summed E-state index contributed by atoms with van der Waals surface area (Å²) in [5.41, 5.74) is 4.93. The van der Waals surface area contributed by atoms with Crippen LogP contribution in [0.1, 0.15) is 59.9 Å². The number of carbonyl (C=O) groups is 1. The Morgan fingerprint density at radius 3 is 2.69 bits per heavy atom. The number of likely N-dealkylation sites (tertiary alicyclic amines) is 1. The first kappa shape index (κ1) is 17.3. The van der Waals surface area contributed by atoms with Crippen LogP contribution in [0.2, 0.25) is 0 Å². The van der Waals surface area contributed by atoms with Crippen molar-refractivity contribution in [3.05, 3.63) is 46.8 Å². The minimum atomic E-state index is -0.109. The van der Waals surface area contributed by atoms with Crippen molar-refractivity contribution in [2.75, 3.05) is 18.4 Å². The van der Waals surface area contributed by atoms with E-state index >= 15 is 0 Å². The number of carbonyl (C=O) groups excluding carboxylic acids is 1. The summed E-state index contributed by atoms with van der Waals surface area (Å²) >= 11 is 0. The van der Waals surface area contributed by atoms with Crippen molar-refractivity contribution in [3.8, 4) is 0 Å². The summed E-state index contributed by atoms with van der Waals surface area (Å²) in [6.07, 6.45) is 6.84. The van der Waals surface area contributed by atoms with Gasteiger partial charge in [-0.15, -0.1) is 0 Å². The van der Waals surface area contributed by atoms with Crippen LogP contribution in [0.3, 0.4) is 0 Å². The molecule has 1 aromatic heterocycles. The fraction of sp³-hybridized carbons (Fsp3) is 0.524. The lowest BCUT2D eigenvalue weighted by Gasteiger charge is -2.30. The molecule has 5 heteroatoms. The molecule has 0 unspecified atom stereocenters. The van der Waals surface area contributed by atoms with Crippen molar-refractivity contribution in [3.63, 3.8) is 0 Å². The highest BCUT2D eigenvalue weighted by Crippen LogP contribution is 2.23. The molecule has 26 heavy (non-hydrogen) atoms. The highest BCUT2D eigenvalue weighted by molar-refractivity contribution is 6.04.